The van der Waals surface area contributed by atoms with Gasteiger partial charge in [0.15, 0.2) is 0 Å². The molecular weight excluding hydrogens is 554 g/mol. The Bertz CT molecular complexity index is 1210. The highest BCUT2D eigenvalue weighted by molar-refractivity contribution is 8.07. The predicted octanol–water partition coefficient (Wildman–Crippen LogP) is 12.2. The van der Waals surface area contributed by atoms with Crippen LogP contribution < -0.4 is 10.6 Å². The molecule has 0 N–H and O–H groups in total. The minimum Gasteiger partial charge on any atom is -0.0858 e. The zero-order chi connectivity index (χ0) is 32.3. The SMILES string of the molecule is CC(=Pc1c(C(C)(C)C)cc(C(C)(C)C)cc1C(C)(C)C)P(Cl)c1c(C(C)(C)C)cc(C(C)(C)C)cc1C(C)(C)C. The Morgan fingerprint density at radius 1 is 0.488 bits per heavy atom. The zero-order valence-corrected chi connectivity index (χ0v) is 32.6. The van der Waals surface area contributed by atoms with Crippen LogP contribution >= 0.6 is 26.7 Å². The fourth-order valence-electron chi connectivity index (χ4n) is 5.12. The first-order valence-electron chi connectivity index (χ1n) is 15.4. The molecule has 0 aliphatic carbocycles. The van der Waals surface area contributed by atoms with Crippen LogP contribution in [0.3, 0.4) is 0 Å². The number of benzene rings is 2. The molecule has 0 nitrogen and oxygen atoms in total. The van der Waals surface area contributed by atoms with Crippen LogP contribution in [0.15, 0.2) is 24.3 Å². The van der Waals surface area contributed by atoms with Crippen molar-refractivity contribution in [2.75, 3.05) is 0 Å². The third-order valence-electron chi connectivity index (χ3n) is 7.94. The van der Waals surface area contributed by atoms with E-state index in [1.165, 1.54) is 57.2 Å². The van der Waals surface area contributed by atoms with Crippen LogP contribution in [-0.4, -0.2) is 5.03 Å². The van der Waals surface area contributed by atoms with Crippen LogP contribution in [0, 0.1) is 0 Å². The number of hydrogen-bond donors (Lipinski definition) is 0. The normalized spacial score (nSPS) is 15.4. The van der Waals surface area contributed by atoms with Gasteiger partial charge in [0, 0.05) is 10.6 Å². The molecule has 2 rings (SSSR count). The van der Waals surface area contributed by atoms with E-state index in [9.17, 15) is 0 Å². The Morgan fingerprint density at radius 3 is 1.00 bits per heavy atom. The molecule has 2 aromatic carbocycles. The molecule has 0 aliphatic rings. The largest absolute Gasteiger partial charge is 0.0858 e. The summed E-state index contributed by atoms with van der Waals surface area (Å²) in [6, 6.07) is 9.90. The summed E-state index contributed by atoms with van der Waals surface area (Å²) < 4.78 is 0. The van der Waals surface area contributed by atoms with Crippen LogP contribution in [0.4, 0.5) is 0 Å². The van der Waals surface area contributed by atoms with Gasteiger partial charge in [-0.2, -0.15) is 0 Å². The van der Waals surface area contributed by atoms with Gasteiger partial charge in [-0.05, 0) is 77.8 Å². The van der Waals surface area contributed by atoms with E-state index in [1.54, 1.807) is 0 Å². The molecule has 0 bridgehead atoms. The second-order valence-corrected chi connectivity index (χ2v) is 22.7. The maximum absolute atomic E-state index is 7.75. The summed E-state index contributed by atoms with van der Waals surface area (Å²) in [5.74, 6) is 0. The molecule has 3 heteroatoms. The summed E-state index contributed by atoms with van der Waals surface area (Å²) in [4.78, 5) is 0. The fourth-order valence-corrected chi connectivity index (χ4v) is 9.87. The third kappa shape index (κ3) is 8.71. The van der Waals surface area contributed by atoms with Gasteiger partial charge in [0.1, 0.15) is 0 Å². The van der Waals surface area contributed by atoms with Crippen molar-refractivity contribution < 1.29 is 0 Å². The van der Waals surface area contributed by atoms with Crippen molar-refractivity contribution in [1.29, 1.82) is 0 Å². The standard InChI is InChI=1S/C38H61ClP2/c1-24(40-31-27(35(8,9)10)20-25(33(2,3)4)21-28(31)36(11,12)13)41(39)32-29(37(14,15)16)22-26(34(5,6)7)23-30(32)38(17,18)19/h20-23H,1-19H3. The van der Waals surface area contributed by atoms with Crippen molar-refractivity contribution in [3.8, 4) is 0 Å². The van der Waals surface area contributed by atoms with Gasteiger partial charge in [-0.25, -0.2) is 0 Å². The Balaban J connectivity index is 3.04. The predicted molar refractivity (Wildman–Crippen MR) is 195 cm³/mol. The second-order valence-electron chi connectivity index (χ2n) is 18.3. The first kappa shape index (κ1) is 36.5. The van der Waals surface area contributed by atoms with E-state index in [2.05, 4.69) is 156 Å². The molecule has 0 aromatic heterocycles. The van der Waals surface area contributed by atoms with E-state index in [1.807, 2.05) is 0 Å². The minimum atomic E-state index is -1.03. The van der Waals surface area contributed by atoms with Crippen molar-refractivity contribution in [2.45, 2.75) is 164 Å². The van der Waals surface area contributed by atoms with Crippen LogP contribution in [0.25, 0.3) is 0 Å². The quantitative estimate of drug-likeness (QED) is 0.302. The molecule has 0 amide bonds. The topological polar surface area (TPSA) is 0 Å². The van der Waals surface area contributed by atoms with Crippen LogP contribution in [0.5, 0.6) is 0 Å². The number of rotatable bonds is 3. The lowest BCUT2D eigenvalue weighted by Gasteiger charge is -2.35. The fraction of sp³-hybridized carbons (Fsp3) is 0.658. The molecule has 0 radical (unpaired) electrons. The van der Waals surface area contributed by atoms with Gasteiger partial charge in [0.25, 0.3) is 0 Å². The lowest BCUT2D eigenvalue weighted by atomic mass is 9.75. The highest BCUT2D eigenvalue weighted by atomic mass is 35.7. The molecule has 0 aliphatic heterocycles. The Hall–Kier alpha value is -0.670. The molecular formula is C38H61ClP2. The van der Waals surface area contributed by atoms with Crippen LogP contribution in [0.2, 0.25) is 0 Å². The highest BCUT2D eigenvalue weighted by Crippen LogP contribution is 2.51. The van der Waals surface area contributed by atoms with Gasteiger partial charge < -0.3 is 0 Å². The Labute approximate surface area is 263 Å². The summed E-state index contributed by atoms with van der Waals surface area (Å²) in [6.07, 6.45) is 0. The molecule has 0 heterocycles. The summed E-state index contributed by atoms with van der Waals surface area (Å²) in [6.45, 7) is 44.5. The summed E-state index contributed by atoms with van der Waals surface area (Å²) >= 11 is 7.75. The third-order valence-corrected chi connectivity index (χ3v) is 12.9. The average molecular weight is 615 g/mol. The van der Waals surface area contributed by atoms with Gasteiger partial charge in [-0.15, -0.1) is 0 Å². The van der Waals surface area contributed by atoms with Crippen LogP contribution in [0.1, 0.15) is 165 Å². The van der Waals surface area contributed by atoms with Gasteiger partial charge in [-0.1, -0.05) is 168 Å². The van der Waals surface area contributed by atoms with Crippen molar-refractivity contribution in [1.82, 2.24) is 0 Å². The van der Waals surface area contributed by atoms with E-state index in [0.717, 1.165) is 0 Å². The first-order valence-corrected chi connectivity index (χ1v) is 18.5. The van der Waals surface area contributed by atoms with Crippen molar-refractivity contribution in [2.24, 2.45) is 0 Å². The summed E-state index contributed by atoms with van der Waals surface area (Å²) in [5.41, 5.74) is 8.72. The molecule has 1 atom stereocenters. The monoisotopic (exact) mass is 614 g/mol. The van der Waals surface area contributed by atoms with Gasteiger partial charge in [-0.3, -0.25) is 0 Å². The molecule has 0 saturated carbocycles. The Morgan fingerprint density at radius 2 is 0.756 bits per heavy atom. The lowest BCUT2D eigenvalue weighted by Crippen LogP contribution is -2.32. The summed E-state index contributed by atoms with van der Waals surface area (Å²) in [5, 5.41) is 4.19. The number of hydrogen-bond acceptors (Lipinski definition) is 0. The maximum atomic E-state index is 7.75. The van der Waals surface area contributed by atoms with E-state index >= 15 is 0 Å². The lowest BCUT2D eigenvalue weighted by molar-refractivity contribution is 0.553. The molecule has 230 valence electrons. The van der Waals surface area contributed by atoms with E-state index < -0.39 is 7.27 Å². The van der Waals surface area contributed by atoms with Crippen molar-refractivity contribution in [3.63, 3.8) is 0 Å². The molecule has 0 saturated heterocycles. The van der Waals surface area contributed by atoms with Crippen molar-refractivity contribution in [3.05, 3.63) is 57.6 Å². The average Bonchev–Trinajstić information content (AvgIpc) is 2.73. The van der Waals surface area contributed by atoms with Gasteiger partial charge in [0.2, 0.25) is 0 Å². The Kier molecular flexibility index (Phi) is 10.4. The number of halogens is 1. The highest BCUT2D eigenvalue weighted by Gasteiger charge is 2.34. The zero-order valence-electron chi connectivity index (χ0n) is 30.1. The molecule has 0 spiro atoms. The second kappa shape index (κ2) is 11.7. The smallest absolute Gasteiger partial charge is 0.0532 e. The first-order chi connectivity index (χ1) is 18.0. The molecule has 41 heavy (non-hydrogen) atoms. The van der Waals surface area contributed by atoms with Crippen LogP contribution in [-0.2, 0) is 32.5 Å². The molecule has 0 fully saturated rings. The maximum Gasteiger partial charge on any atom is 0.0532 e. The van der Waals surface area contributed by atoms with Gasteiger partial charge in [0.05, 0.1) is 7.27 Å². The van der Waals surface area contributed by atoms with Crippen molar-refractivity contribution >= 4 is 42.4 Å². The van der Waals surface area contributed by atoms with Gasteiger partial charge >= 0.3 is 0 Å². The molecule has 1 unspecified atom stereocenters. The van der Waals surface area contributed by atoms with E-state index in [0.29, 0.717) is 0 Å². The molecule has 2 aromatic rings. The van der Waals surface area contributed by atoms with E-state index in [4.69, 9.17) is 11.2 Å². The minimum absolute atomic E-state index is 0.00919. The van der Waals surface area contributed by atoms with E-state index in [-0.39, 0.29) is 32.5 Å². The summed E-state index contributed by atoms with van der Waals surface area (Å²) in [7, 11) is 0.222.